The zero-order valence-corrected chi connectivity index (χ0v) is 15.9. The number of esters is 1. The van der Waals surface area contributed by atoms with Crippen LogP contribution in [0.3, 0.4) is 0 Å². The van der Waals surface area contributed by atoms with Crippen LogP contribution in [-0.2, 0) is 14.2 Å². The molecule has 134 valence electrons. The molecule has 1 aromatic rings. The minimum Gasteiger partial charge on any atom is -0.464 e. The van der Waals surface area contributed by atoms with Crippen LogP contribution in [0.5, 0.6) is 0 Å². The van der Waals surface area contributed by atoms with Gasteiger partial charge >= 0.3 is 12.1 Å². The Balaban J connectivity index is 2.36. The van der Waals surface area contributed by atoms with Crippen LogP contribution < -0.4 is 0 Å². The Bertz CT molecular complexity index is 635. The van der Waals surface area contributed by atoms with E-state index < -0.39 is 29.4 Å². The summed E-state index contributed by atoms with van der Waals surface area (Å²) in [6, 6.07) is -0.432. The van der Waals surface area contributed by atoms with E-state index in [1.807, 2.05) is 41.5 Å². The summed E-state index contributed by atoms with van der Waals surface area (Å²) in [5.41, 5.74) is -1.24. The van der Waals surface area contributed by atoms with E-state index in [2.05, 4.69) is 9.72 Å². The van der Waals surface area contributed by atoms with Crippen LogP contribution in [0.4, 0.5) is 4.79 Å². The van der Waals surface area contributed by atoms with E-state index in [1.165, 1.54) is 18.4 Å². The first-order chi connectivity index (χ1) is 11.0. The van der Waals surface area contributed by atoms with E-state index in [4.69, 9.17) is 9.47 Å². The zero-order chi connectivity index (χ0) is 18.3. The maximum Gasteiger partial charge on any atom is 0.413 e. The smallest absolute Gasteiger partial charge is 0.413 e. The van der Waals surface area contributed by atoms with Gasteiger partial charge in [0.25, 0.3) is 0 Å². The maximum absolute atomic E-state index is 12.7. The topological polar surface area (TPSA) is 78.0 Å². The molecule has 2 heterocycles. The van der Waals surface area contributed by atoms with Crippen molar-refractivity contribution in [3.05, 3.63) is 16.1 Å². The SMILES string of the molecule is COC(=O)c1csc([C@@H]2[C@@H](C)OC(C)(C)N2C(=O)OC(C)(C)C)n1. The van der Waals surface area contributed by atoms with Gasteiger partial charge in [-0.1, -0.05) is 0 Å². The molecule has 0 aromatic carbocycles. The Labute approximate surface area is 145 Å². The van der Waals surface area contributed by atoms with E-state index in [9.17, 15) is 9.59 Å². The van der Waals surface area contributed by atoms with Crippen molar-refractivity contribution in [2.45, 2.75) is 65.0 Å². The lowest BCUT2D eigenvalue weighted by Crippen LogP contribution is -2.47. The summed E-state index contributed by atoms with van der Waals surface area (Å²) >= 11 is 1.29. The monoisotopic (exact) mass is 356 g/mol. The lowest BCUT2D eigenvalue weighted by Gasteiger charge is -2.34. The van der Waals surface area contributed by atoms with Gasteiger partial charge in [-0.2, -0.15) is 0 Å². The molecule has 1 aliphatic heterocycles. The first kappa shape index (κ1) is 18.7. The van der Waals surface area contributed by atoms with Crippen molar-refractivity contribution in [3.8, 4) is 0 Å². The van der Waals surface area contributed by atoms with Crippen LogP contribution in [0, 0.1) is 0 Å². The molecule has 0 N–H and O–H groups in total. The van der Waals surface area contributed by atoms with Crippen molar-refractivity contribution in [2.24, 2.45) is 0 Å². The summed E-state index contributed by atoms with van der Waals surface area (Å²) in [6.45, 7) is 10.9. The molecule has 8 heteroatoms. The van der Waals surface area contributed by atoms with Crippen LogP contribution in [-0.4, -0.2) is 46.5 Å². The normalized spacial score (nSPS) is 23.2. The summed E-state index contributed by atoms with van der Waals surface area (Å²) in [7, 11) is 1.30. The fourth-order valence-corrected chi connectivity index (χ4v) is 3.67. The van der Waals surface area contributed by atoms with Gasteiger partial charge in [-0.25, -0.2) is 14.6 Å². The van der Waals surface area contributed by atoms with E-state index in [0.29, 0.717) is 5.01 Å². The number of carbonyl (C=O) groups excluding carboxylic acids is 2. The van der Waals surface area contributed by atoms with Crippen LogP contribution in [0.2, 0.25) is 0 Å². The van der Waals surface area contributed by atoms with Crippen molar-refractivity contribution in [1.29, 1.82) is 0 Å². The summed E-state index contributed by atoms with van der Waals surface area (Å²) < 4.78 is 16.1. The van der Waals surface area contributed by atoms with Gasteiger partial charge in [0.15, 0.2) is 5.69 Å². The summed E-state index contributed by atoms with van der Waals surface area (Å²) in [4.78, 5) is 30.2. The molecule has 0 radical (unpaired) electrons. The van der Waals surface area contributed by atoms with Gasteiger partial charge in [0, 0.05) is 5.38 Å². The molecule has 0 unspecified atom stereocenters. The second-order valence-electron chi connectivity index (χ2n) is 7.13. The number of carbonyl (C=O) groups is 2. The average Bonchev–Trinajstić information content (AvgIpc) is 2.97. The number of hydrogen-bond acceptors (Lipinski definition) is 7. The molecule has 7 nitrogen and oxygen atoms in total. The Hall–Kier alpha value is -1.67. The first-order valence-electron chi connectivity index (χ1n) is 7.70. The van der Waals surface area contributed by atoms with Crippen molar-refractivity contribution < 1.29 is 23.8 Å². The molecule has 1 saturated heterocycles. The van der Waals surface area contributed by atoms with Gasteiger partial charge < -0.3 is 14.2 Å². The number of thiazole rings is 1. The predicted octanol–water partition coefficient (Wildman–Crippen LogP) is 3.36. The van der Waals surface area contributed by atoms with E-state index in [0.717, 1.165) is 0 Å². The zero-order valence-electron chi connectivity index (χ0n) is 15.1. The Morgan fingerprint density at radius 3 is 2.54 bits per heavy atom. The fraction of sp³-hybridized carbons (Fsp3) is 0.688. The van der Waals surface area contributed by atoms with Gasteiger partial charge in [-0.3, -0.25) is 4.90 Å². The number of hydrogen-bond donors (Lipinski definition) is 0. The highest BCUT2D eigenvalue weighted by Crippen LogP contribution is 2.43. The minimum absolute atomic E-state index is 0.221. The number of ether oxygens (including phenoxy) is 3. The van der Waals surface area contributed by atoms with Gasteiger partial charge in [-0.05, 0) is 41.5 Å². The van der Waals surface area contributed by atoms with E-state index in [1.54, 1.807) is 10.3 Å². The van der Waals surface area contributed by atoms with E-state index >= 15 is 0 Å². The summed E-state index contributed by atoms with van der Waals surface area (Å²) in [6.07, 6.45) is -0.763. The molecule has 1 amide bonds. The molecule has 2 rings (SSSR count). The van der Waals surface area contributed by atoms with Crippen molar-refractivity contribution in [1.82, 2.24) is 9.88 Å². The number of amides is 1. The molecular weight excluding hydrogens is 332 g/mol. The third kappa shape index (κ3) is 3.70. The second-order valence-corrected chi connectivity index (χ2v) is 8.02. The van der Waals surface area contributed by atoms with Crippen LogP contribution in [0.1, 0.15) is 63.1 Å². The molecule has 1 aromatic heterocycles. The molecule has 24 heavy (non-hydrogen) atoms. The fourth-order valence-electron chi connectivity index (χ4n) is 2.70. The first-order valence-corrected chi connectivity index (χ1v) is 8.58. The van der Waals surface area contributed by atoms with Gasteiger partial charge in [0.05, 0.1) is 13.2 Å². The second kappa shape index (κ2) is 6.33. The Morgan fingerprint density at radius 2 is 2.00 bits per heavy atom. The summed E-state index contributed by atoms with van der Waals surface area (Å²) in [5, 5.41) is 2.23. The number of methoxy groups -OCH3 is 1. The highest BCUT2D eigenvalue weighted by atomic mass is 32.1. The highest BCUT2D eigenvalue weighted by Gasteiger charge is 2.51. The molecule has 1 fully saturated rings. The quantitative estimate of drug-likeness (QED) is 0.756. The van der Waals surface area contributed by atoms with Crippen LogP contribution >= 0.6 is 11.3 Å². The largest absolute Gasteiger partial charge is 0.464 e. The van der Waals surface area contributed by atoms with Crippen LogP contribution in [0.15, 0.2) is 5.38 Å². The molecule has 0 aliphatic carbocycles. The van der Waals surface area contributed by atoms with E-state index in [-0.39, 0.29) is 11.8 Å². The number of rotatable bonds is 2. The third-order valence-corrected chi connectivity index (χ3v) is 4.45. The van der Waals surface area contributed by atoms with Crippen molar-refractivity contribution >= 4 is 23.4 Å². The maximum atomic E-state index is 12.7. The molecule has 0 spiro atoms. The Kier molecular flexibility index (Phi) is 4.92. The molecule has 0 saturated carbocycles. The lowest BCUT2D eigenvalue weighted by atomic mass is 10.1. The van der Waals surface area contributed by atoms with Crippen molar-refractivity contribution in [2.75, 3.05) is 7.11 Å². The third-order valence-electron chi connectivity index (χ3n) is 3.54. The van der Waals surface area contributed by atoms with Crippen molar-refractivity contribution in [3.63, 3.8) is 0 Å². The average molecular weight is 356 g/mol. The molecule has 0 bridgehead atoms. The lowest BCUT2D eigenvalue weighted by molar-refractivity contribution is -0.0757. The van der Waals surface area contributed by atoms with Gasteiger partial charge in [0.2, 0.25) is 0 Å². The predicted molar refractivity (Wildman–Crippen MR) is 88.9 cm³/mol. The number of nitrogens with zero attached hydrogens (tertiary/aromatic N) is 2. The Morgan fingerprint density at radius 1 is 1.38 bits per heavy atom. The molecular formula is C16H24N2O5S. The number of aromatic nitrogens is 1. The van der Waals surface area contributed by atoms with Gasteiger partial charge in [0.1, 0.15) is 22.4 Å². The summed E-state index contributed by atoms with van der Waals surface area (Å²) in [5.74, 6) is -0.507. The minimum atomic E-state index is -0.844. The van der Waals surface area contributed by atoms with Gasteiger partial charge in [-0.15, -0.1) is 11.3 Å². The molecule has 1 aliphatic rings. The molecule has 2 atom stereocenters. The standard InChI is InChI=1S/C16H24N2O5S/c1-9-11(12-17-10(8-24-12)13(19)21-7)18(16(5,6)22-9)14(20)23-15(2,3)4/h8-9,11H,1-7H3/t9-,11+/m1/s1. The van der Waals surface area contributed by atoms with Crippen LogP contribution in [0.25, 0.3) is 0 Å². The highest BCUT2D eigenvalue weighted by molar-refractivity contribution is 7.09.